The zero-order valence-electron chi connectivity index (χ0n) is 17.4. The summed E-state index contributed by atoms with van der Waals surface area (Å²) >= 11 is 0. The van der Waals surface area contributed by atoms with E-state index in [0.29, 0.717) is 5.82 Å². The number of nitrogens with zero attached hydrogens (tertiary/aromatic N) is 2. The summed E-state index contributed by atoms with van der Waals surface area (Å²) in [5.41, 5.74) is 4.40. The Balaban J connectivity index is 1.55. The summed E-state index contributed by atoms with van der Waals surface area (Å²) in [5, 5.41) is 3.16. The van der Waals surface area contributed by atoms with Crippen molar-refractivity contribution in [2.75, 3.05) is 18.4 Å². The first-order chi connectivity index (χ1) is 14.7. The summed E-state index contributed by atoms with van der Waals surface area (Å²) < 4.78 is 0. The van der Waals surface area contributed by atoms with Gasteiger partial charge in [0.1, 0.15) is 5.82 Å². The molecule has 4 heteroatoms. The quantitative estimate of drug-likeness (QED) is 0.480. The molecule has 0 radical (unpaired) electrons. The van der Waals surface area contributed by atoms with E-state index < -0.39 is 0 Å². The average molecular weight is 400 g/mol. The van der Waals surface area contributed by atoms with Gasteiger partial charge in [0.15, 0.2) is 0 Å². The number of hydrogen-bond donors (Lipinski definition) is 1. The number of nitrogens with one attached hydrogen (secondary N) is 1. The van der Waals surface area contributed by atoms with Gasteiger partial charge in [0.05, 0.1) is 0 Å². The third kappa shape index (κ3) is 6.05. The number of anilines is 1. The molecule has 1 amide bonds. The van der Waals surface area contributed by atoms with Crippen molar-refractivity contribution in [1.29, 1.82) is 0 Å². The number of aromatic nitrogens is 1. The van der Waals surface area contributed by atoms with Crippen LogP contribution in [0.1, 0.15) is 31.2 Å². The van der Waals surface area contributed by atoms with Crippen molar-refractivity contribution in [1.82, 2.24) is 9.88 Å². The minimum atomic E-state index is 0.0443. The van der Waals surface area contributed by atoms with Gasteiger partial charge in [-0.05, 0) is 72.8 Å². The van der Waals surface area contributed by atoms with Gasteiger partial charge in [-0.25, -0.2) is 4.98 Å². The van der Waals surface area contributed by atoms with Gasteiger partial charge in [0, 0.05) is 31.1 Å². The van der Waals surface area contributed by atoms with Crippen LogP contribution in [0, 0.1) is 0 Å². The molecule has 4 nitrogen and oxygen atoms in total. The van der Waals surface area contributed by atoms with Gasteiger partial charge in [-0.3, -0.25) is 4.79 Å². The van der Waals surface area contributed by atoms with Gasteiger partial charge in [-0.2, -0.15) is 0 Å². The molecule has 0 fully saturated rings. The first-order valence-electron chi connectivity index (χ1n) is 10.4. The molecule has 30 heavy (non-hydrogen) atoms. The summed E-state index contributed by atoms with van der Waals surface area (Å²) in [7, 11) is 0. The fraction of sp³-hybridized carbons (Fsp3) is 0.231. The van der Waals surface area contributed by atoms with Crippen LogP contribution in [0.4, 0.5) is 5.82 Å². The second-order valence-corrected chi connectivity index (χ2v) is 7.23. The minimum Gasteiger partial charge on any atom is -0.340 e. The number of allylic oxidation sites excluding steroid dienone is 7. The molecule has 1 aliphatic carbocycles. The minimum absolute atomic E-state index is 0.0443. The first-order valence-corrected chi connectivity index (χ1v) is 10.4. The fourth-order valence-corrected chi connectivity index (χ4v) is 3.48. The summed E-state index contributed by atoms with van der Waals surface area (Å²) in [5.74, 6) is 0.756. The van der Waals surface area contributed by atoms with Gasteiger partial charge in [-0.15, -0.1) is 0 Å². The Labute approximate surface area is 179 Å². The van der Waals surface area contributed by atoms with Crippen molar-refractivity contribution in [3.8, 4) is 0 Å². The van der Waals surface area contributed by atoms with Crippen LogP contribution in [-0.2, 0) is 4.79 Å². The van der Waals surface area contributed by atoms with E-state index in [0.717, 1.165) is 50.0 Å². The highest BCUT2D eigenvalue weighted by atomic mass is 16.2. The molecule has 0 spiro atoms. The van der Waals surface area contributed by atoms with Crippen molar-refractivity contribution < 1.29 is 4.79 Å². The molecule has 1 aromatic rings. The van der Waals surface area contributed by atoms with Crippen LogP contribution in [0.25, 0.3) is 6.08 Å². The number of carbonyl (C=O) groups excluding carboxylic acids is 1. The highest BCUT2D eigenvalue weighted by molar-refractivity contribution is 5.91. The van der Waals surface area contributed by atoms with E-state index in [2.05, 4.69) is 47.8 Å². The van der Waals surface area contributed by atoms with E-state index in [1.807, 2.05) is 29.2 Å². The molecule has 1 aromatic heterocycles. The molecular formula is C26H29N3O. The summed E-state index contributed by atoms with van der Waals surface area (Å²) in [6, 6.07) is 3.80. The lowest BCUT2D eigenvalue weighted by Gasteiger charge is -2.19. The Morgan fingerprint density at radius 1 is 1.13 bits per heavy atom. The number of hydrogen-bond acceptors (Lipinski definition) is 3. The smallest absolute Gasteiger partial charge is 0.246 e. The first kappa shape index (κ1) is 21.3. The van der Waals surface area contributed by atoms with Gasteiger partial charge in [-0.1, -0.05) is 43.5 Å². The van der Waals surface area contributed by atoms with Crippen LogP contribution in [0.3, 0.4) is 0 Å². The molecule has 1 N–H and O–H groups in total. The molecule has 0 saturated carbocycles. The Morgan fingerprint density at radius 3 is 2.73 bits per heavy atom. The van der Waals surface area contributed by atoms with Crippen LogP contribution in [0.5, 0.6) is 0 Å². The monoisotopic (exact) mass is 399 g/mol. The third-order valence-corrected chi connectivity index (χ3v) is 5.11. The van der Waals surface area contributed by atoms with E-state index in [1.165, 1.54) is 11.1 Å². The lowest BCUT2D eigenvalue weighted by molar-refractivity contribution is -0.125. The molecule has 2 aliphatic rings. The van der Waals surface area contributed by atoms with E-state index in [9.17, 15) is 4.79 Å². The van der Waals surface area contributed by atoms with Gasteiger partial charge < -0.3 is 10.2 Å². The maximum absolute atomic E-state index is 12.7. The summed E-state index contributed by atoms with van der Waals surface area (Å²) in [6.45, 7) is 8.94. The normalized spacial score (nSPS) is 17.2. The topological polar surface area (TPSA) is 45.2 Å². The standard InChI is InChI=1S/C26H29N3O/c1-3-9-24(4-2)28-25-15-13-21(20-27-25)14-16-26(30)29-18-8-12-23(17-19-29)22-10-6-5-7-11-22/h3-4,6,9-16,20H,1-2,5,7-8,17-19H2,(H,27,28)/b16-14+,24-9+. The predicted molar refractivity (Wildman–Crippen MR) is 126 cm³/mol. The van der Waals surface area contributed by atoms with E-state index >= 15 is 0 Å². The highest BCUT2D eigenvalue weighted by Crippen LogP contribution is 2.24. The van der Waals surface area contributed by atoms with Crippen molar-refractivity contribution in [3.63, 3.8) is 0 Å². The van der Waals surface area contributed by atoms with Crippen LogP contribution >= 0.6 is 0 Å². The largest absolute Gasteiger partial charge is 0.340 e. The summed E-state index contributed by atoms with van der Waals surface area (Å²) in [4.78, 5) is 19.0. The molecule has 0 saturated heterocycles. The van der Waals surface area contributed by atoms with Crippen molar-refractivity contribution in [3.05, 3.63) is 103 Å². The van der Waals surface area contributed by atoms with Crippen molar-refractivity contribution in [2.24, 2.45) is 0 Å². The molecule has 0 unspecified atom stereocenters. The van der Waals surface area contributed by atoms with Crippen LogP contribution in [0.15, 0.2) is 96.9 Å². The van der Waals surface area contributed by atoms with Crippen molar-refractivity contribution >= 4 is 17.8 Å². The van der Waals surface area contributed by atoms with Gasteiger partial charge >= 0.3 is 0 Å². The van der Waals surface area contributed by atoms with Crippen LogP contribution in [-0.4, -0.2) is 28.9 Å². The number of rotatable bonds is 7. The molecule has 154 valence electrons. The summed E-state index contributed by atoms with van der Waals surface area (Å²) in [6.07, 6.45) is 23.5. The molecule has 1 aliphatic heterocycles. The lowest BCUT2D eigenvalue weighted by Crippen LogP contribution is -2.30. The van der Waals surface area contributed by atoms with Gasteiger partial charge in [0.2, 0.25) is 5.91 Å². The molecule has 0 bridgehead atoms. The van der Waals surface area contributed by atoms with Crippen molar-refractivity contribution in [2.45, 2.75) is 25.7 Å². The Morgan fingerprint density at radius 2 is 2.03 bits per heavy atom. The van der Waals surface area contributed by atoms with Crippen LogP contribution in [0.2, 0.25) is 0 Å². The zero-order chi connectivity index (χ0) is 21.2. The van der Waals surface area contributed by atoms with E-state index in [1.54, 1.807) is 24.4 Å². The Bertz CT molecular complexity index is 930. The van der Waals surface area contributed by atoms with E-state index in [4.69, 9.17) is 0 Å². The predicted octanol–water partition coefficient (Wildman–Crippen LogP) is 5.59. The average Bonchev–Trinajstić information content (AvgIpc) is 3.05. The molecule has 3 rings (SSSR count). The molecule has 0 aromatic carbocycles. The molecule has 0 atom stereocenters. The maximum atomic E-state index is 12.7. The van der Waals surface area contributed by atoms with Crippen LogP contribution < -0.4 is 5.32 Å². The maximum Gasteiger partial charge on any atom is 0.246 e. The Hall–Kier alpha value is -3.40. The SMILES string of the molecule is C=C/C=C(\C=C)Nc1ccc(/C=C/C(=O)N2CCC=C(C3=CCCC=C3)CC2)cn1. The fourth-order valence-electron chi connectivity index (χ4n) is 3.48. The number of pyridine rings is 1. The number of carbonyl (C=O) groups is 1. The second kappa shape index (κ2) is 11.0. The molecule has 2 heterocycles. The van der Waals surface area contributed by atoms with Gasteiger partial charge in [0.25, 0.3) is 0 Å². The highest BCUT2D eigenvalue weighted by Gasteiger charge is 2.15. The zero-order valence-corrected chi connectivity index (χ0v) is 17.4. The Kier molecular flexibility index (Phi) is 7.78. The third-order valence-electron chi connectivity index (χ3n) is 5.11. The van der Waals surface area contributed by atoms with E-state index in [-0.39, 0.29) is 5.91 Å². The lowest BCUT2D eigenvalue weighted by atomic mass is 9.97. The second-order valence-electron chi connectivity index (χ2n) is 7.23. The number of amides is 1. The molecular weight excluding hydrogens is 370 g/mol.